The summed E-state index contributed by atoms with van der Waals surface area (Å²) >= 11 is 0. The minimum atomic E-state index is -0.605. The summed E-state index contributed by atoms with van der Waals surface area (Å²) in [6, 6.07) is 11.1. The van der Waals surface area contributed by atoms with Gasteiger partial charge in [0.25, 0.3) is 5.91 Å². The summed E-state index contributed by atoms with van der Waals surface area (Å²) in [5, 5.41) is 2.68. The van der Waals surface area contributed by atoms with Crippen LogP contribution in [0.1, 0.15) is 56.1 Å². The Bertz CT molecular complexity index is 771. The summed E-state index contributed by atoms with van der Waals surface area (Å²) in [4.78, 5) is 31.1. The lowest BCUT2D eigenvalue weighted by Gasteiger charge is -2.19. The third-order valence-electron chi connectivity index (χ3n) is 4.57. The molecule has 1 aromatic carbocycles. The Morgan fingerprint density at radius 2 is 1.63 bits per heavy atom. The molecule has 5 nitrogen and oxygen atoms in total. The number of pyridine rings is 1. The maximum Gasteiger partial charge on any atom is 0.292 e. The Morgan fingerprint density at radius 3 is 2.11 bits per heavy atom. The van der Waals surface area contributed by atoms with Crippen molar-refractivity contribution in [1.82, 2.24) is 10.3 Å². The maximum absolute atomic E-state index is 12.3. The molecule has 5 heteroatoms. The standard InChI is InChI=1S/C22H29N3O2/c1-6-25(7-2)19-13-8-16(14-23-19)15-24-21(27)20(26)17-9-11-18(12-10-17)22(3,4)5/h8-14H,6-7,15H2,1-5H3,(H,24,27). The number of carbonyl (C=O) groups is 2. The van der Waals surface area contributed by atoms with E-state index in [9.17, 15) is 9.59 Å². The van der Waals surface area contributed by atoms with Gasteiger partial charge in [-0.1, -0.05) is 51.1 Å². The van der Waals surface area contributed by atoms with Crippen LogP contribution in [0.4, 0.5) is 5.82 Å². The van der Waals surface area contributed by atoms with Gasteiger partial charge in [-0.2, -0.15) is 0 Å². The second-order valence-corrected chi connectivity index (χ2v) is 7.54. The van der Waals surface area contributed by atoms with Gasteiger partial charge >= 0.3 is 0 Å². The number of rotatable bonds is 7. The molecule has 2 rings (SSSR count). The van der Waals surface area contributed by atoms with Gasteiger partial charge in [-0.05, 0) is 36.5 Å². The summed E-state index contributed by atoms with van der Waals surface area (Å²) in [6.45, 7) is 12.5. The average Bonchev–Trinajstić information content (AvgIpc) is 2.67. The highest BCUT2D eigenvalue weighted by atomic mass is 16.2. The Morgan fingerprint density at radius 1 is 1.00 bits per heavy atom. The first-order chi connectivity index (χ1) is 12.8. The van der Waals surface area contributed by atoms with E-state index in [1.807, 2.05) is 24.3 Å². The van der Waals surface area contributed by atoms with E-state index in [1.54, 1.807) is 18.3 Å². The number of hydrogen-bond acceptors (Lipinski definition) is 4. The molecular weight excluding hydrogens is 338 g/mol. The number of ketones is 1. The van der Waals surface area contributed by atoms with Gasteiger partial charge in [-0.3, -0.25) is 9.59 Å². The van der Waals surface area contributed by atoms with Crippen LogP contribution in [0.3, 0.4) is 0 Å². The minimum absolute atomic E-state index is 0.00807. The van der Waals surface area contributed by atoms with E-state index in [4.69, 9.17) is 0 Å². The first-order valence-electron chi connectivity index (χ1n) is 9.39. The smallest absolute Gasteiger partial charge is 0.292 e. The van der Waals surface area contributed by atoms with Gasteiger partial charge in [0.15, 0.2) is 0 Å². The van der Waals surface area contributed by atoms with Crippen molar-refractivity contribution in [1.29, 1.82) is 0 Å². The molecule has 1 N–H and O–H groups in total. The highest BCUT2D eigenvalue weighted by molar-refractivity contribution is 6.42. The molecule has 0 bridgehead atoms. The second kappa shape index (κ2) is 8.80. The molecule has 0 spiro atoms. The fraction of sp³-hybridized carbons (Fsp3) is 0.409. The van der Waals surface area contributed by atoms with Crippen molar-refractivity contribution >= 4 is 17.5 Å². The second-order valence-electron chi connectivity index (χ2n) is 7.54. The van der Waals surface area contributed by atoms with Crippen LogP contribution in [0.15, 0.2) is 42.6 Å². The molecule has 1 aromatic heterocycles. The monoisotopic (exact) mass is 367 g/mol. The SMILES string of the molecule is CCN(CC)c1ccc(CNC(=O)C(=O)c2ccc(C(C)(C)C)cc2)cn1. The van der Waals surface area contributed by atoms with E-state index in [0.717, 1.165) is 30.0 Å². The van der Waals surface area contributed by atoms with Crippen LogP contribution in [-0.2, 0) is 16.8 Å². The van der Waals surface area contributed by atoms with Gasteiger partial charge < -0.3 is 10.2 Å². The van der Waals surface area contributed by atoms with Crippen molar-refractivity contribution in [2.24, 2.45) is 0 Å². The number of nitrogens with one attached hydrogen (secondary N) is 1. The average molecular weight is 367 g/mol. The lowest BCUT2D eigenvalue weighted by atomic mass is 9.86. The highest BCUT2D eigenvalue weighted by Crippen LogP contribution is 2.22. The zero-order valence-electron chi connectivity index (χ0n) is 16.9. The maximum atomic E-state index is 12.3. The van der Waals surface area contributed by atoms with Crippen molar-refractivity contribution in [3.8, 4) is 0 Å². The number of carbonyl (C=O) groups excluding carboxylic acids is 2. The van der Waals surface area contributed by atoms with E-state index in [-0.39, 0.29) is 12.0 Å². The molecule has 0 aliphatic carbocycles. The van der Waals surface area contributed by atoms with Crippen LogP contribution in [0.25, 0.3) is 0 Å². The van der Waals surface area contributed by atoms with Crippen LogP contribution in [0, 0.1) is 0 Å². The number of benzene rings is 1. The van der Waals surface area contributed by atoms with Crippen LogP contribution < -0.4 is 10.2 Å². The fourth-order valence-corrected chi connectivity index (χ4v) is 2.77. The van der Waals surface area contributed by atoms with Gasteiger partial charge in [0.2, 0.25) is 5.78 Å². The van der Waals surface area contributed by atoms with Crippen molar-refractivity contribution in [3.05, 3.63) is 59.3 Å². The number of anilines is 1. The molecule has 144 valence electrons. The third kappa shape index (κ3) is 5.39. The summed E-state index contributed by atoms with van der Waals surface area (Å²) in [5.74, 6) is -0.223. The van der Waals surface area contributed by atoms with Crippen LogP contribution in [0.5, 0.6) is 0 Å². The summed E-state index contributed by atoms with van der Waals surface area (Å²) in [6.07, 6.45) is 1.73. The third-order valence-corrected chi connectivity index (χ3v) is 4.57. The minimum Gasteiger partial charge on any atom is -0.357 e. The van der Waals surface area contributed by atoms with Crippen LogP contribution in [0.2, 0.25) is 0 Å². The summed E-state index contributed by atoms with van der Waals surface area (Å²) < 4.78 is 0. The molecule has 0 saturated carbocycles. The Kier molecular flexibility index (Phi) is 6.72. The molecule has 0 radical (unpaired) electrons. The Hall–Kier alpha value is -2.69. The van der Waals surface area contributed by atoms with Crippen molar-refractivity contribution in [2.45, 2.75) is 46.6 Å². The lowest BCUT2D eigenvalue weighted by Crippen LogP contribution is -2.30. The molecule has 27 heavy (non-hydrogen) atoms. The van der Waals surface area contributed by atoms with Crippen molar-refractivity contribution < 1.29 is 9.59 Å². The van der Waals surface area contributed by atoms with E-state index >= 15 is 0 Å². The number of nitrogens with zero attached hydrogens (tertiary/aromatic N) is 2. The van der Waals surface area contributed by atoms with Crippen LogP contribution >= 0.6 is 0 Å². The molecule has 0 saturated heterocycles. The number of hydrogen-bond donors (Lipinski definition) is 1. The van der Waals surface area contributed by atoms with Gasteiger partial charge in [-0.25, -0.2) is 4.98 Å². The van der Waals surface area contributed by atoms with E-state index in [2.05, 4.69) is 49.8 Å². The summed E-state index contributed by atoms with van der Waals surface area (Å²) in [5.41, 5.74) is 2.39. The van der Waals surface area contributed by atoms with Gasteiger partial charge in [0, 0.05) is 31.4 Å². The quantitative estimate of drug-likeness (QED) is 0.598. The lowest BCUT2D eigenvalue weighted by molar-refractivity contribution is -0.117. The van der Waals surface area contributed by atoms with Gasteiger partial charge in [0.1, 0.15) is 5.82 Å². The first kappa shape index (κ1) is 20.6. The summed E-state index contributed by atoms with van der Waals surface area (Å²) in [7, 11) is 0. The molecule has 1 heterocycles. The molecule has 0 aliphatic rings. The number of Topliss-reactive ketones (excluding diaryl/α,β-unsaturated/α-hetero) is 1. The molecule has 0 fully saturated rings. The largest absolute Gasteiger partial charge is 0.357 e. The zero-order valence-corrected chi connectivity index (χ0v) is 16.9. The van der Waals surface area contributed by atoms with Crippen molar-refractivity contribution in [2.75, 3.05) is 18.0 Å². The predicted octanol–water partition coefficient (Wildman–Crippen LogP) is 3.72. The molecular formula is C22H29N3O2. The highest BCUT2D eigenvalue weighted by Gasteiger charge is 2.18. The van der Waals surface area contributed by atoms with E-state index < -0.39 is 11.7 Å². The molecule has 1 amide bonds. The number of amides is 1. The van der Waals surface area contributed by atoms with E-state index in [1.165, 1.54) is 0 Å². The predicted molar refractivity (Wildman–Crippen MR) is 109 cm³/mol. The molecule has 2 aromatic rings. The fourth-order valence-electron chi connectivity index (χ4n) is 2.77. The topological polar surface area (TPSA) is 62.3 Å². The zero-order chi connectivity index (χ0) is 20.0. The van der Waals surface area contributed by atoms with Gasteiger partial charge in [-0.15, -0.1) is 0 Å². The molecule has 0 aliphatic heterocycles. The number of aromatic nitrogens is 1. The Labute approximate surface area is 161 Å². The molecule has 0 atom stereocenters. The first-order valence-corrected chi connectivity index (χ1v) is 9.39. The van der Waals surface area contributed by atoms with E-state index in [0.29, 0.717) is 5.56 Å². The Balaban J connectivity index is 1.96. The molecule has 0 unspecified atom stereocenters. The van der Waals surface area contributed by atoms with Crippen molar-refractivity contribution in [3.63, 3.8) is 0 Å². The normalized spacial score (nSPS) is 11.1. The van der Waals surface area contributed by atoms with Crippen LogP contribution in [-0.4, -0.2) is 29.8 Å². The van der Waals surface area contributed by atoms with Gasteiger partial charge in [0.05, 0.1) is 0 Å².